The predicted octanol–water partition coefficient (Wildman–Crippen LogP) is 3.06. The number of hydrogen-bond donors (Lipinski definition) is 1. The van der Waals surface area contributed by atoms with Gasteiger partial charge >= 0.3 is 0 Å². The highest BCUT2D eigenvalue weighted by molar-refractivity contribution is 6.30. The van der Waals surface area contributed by atoms with Crippen LogP contribution in [0.3, 0.4) is 0 Å². The summed E-state index contributed by atoms with van der Waals surface area (Å²) in [6.45, 7) is 0. The molecule has 0 amide bonds. The Morgan fingerprint density at radius 1 is 1.18 bits per heavy atom. The lowest BCUT2D eigenvalue weighted by Gasteiger charge is -2.13. The second-order valence-corrected chi connectivity index (χ2v) is 4.02. The number of aromatic nitrogens is 1. The van der Waals surface area contributed by atoms with Gasteiger partial charge in [0.05, 0.1) is 12.2 Å². The molecule has 2 rings (SSSR count). The summed E-state index contributed by atoms with van der Waals surface area (Å²) in [6, 6.07) is 4.50. The van der Waals surface area contributed by atoms with Crippen LogP contribution in [-0.4, -0.2) is 4.98 Å². The molecule has 5 heteroatoms. The van der Waals surface area contributed by atoms with E-state index in [4.69, 9.17) is 17.3 Å². The number of nitrogens with two attached hydrogens (primary N) is 1. The van der Waals surface area contributed by atoms with Gasteiger partial charge in [0.1, 0.15) is 11.6 Å². The van der Waals surface area contributed by atoms with Crippen LogP contribution in [0.15, 0.2) is 36.7 Å². The second kappa shape index (κ2) is 4.77. The number of hydrogen-bond acceptors (Lipinski definition) is 2. The lowest BCUT2D eigenvalue weighted by atomic mass is 10.0. The summed E-state index contributed by atoms with van der Waals surface area (Å²) in [4.78, 5) is 3.67. The van der Waals surface area contributed by atoms with Gasteiger partial charge in [0.2, 0.25) is 0 Å². The van der Waals surface area contributed by atoms with Crippen LogP contribution in [0, 0.1) is 11.6 Å². The third-order valence-corrected chi connectivity index (χ3v) is 2.61. The van der Waals surface area contributed by atoms with Crippen molar-refractivity contribution in [3.05, 3.63) is 64.4 Å². The highest BCUT2D eigenvalue weighted by Gasteiger charge is 2.15. The minimum absolute atomic E-state index is 0.213. The van der Waals surface area contributed by atoms with Crippen molar-refractivity contribution >= 4 is 11.6 Å². The SMILES string of the molecule is NC(c1cncc(F)c1)c1cc(Cl)ccc1F. The van der Waals surface area contributed by atoms with Crippen molar-refractivity contribution in [1.82, 2.24) is 4.98 Å². The molecule has 0 saturated heterocycles. The molecule has 2 aromatic rings. The monoisotopic (exact) mass is 254 g/mol. The van der Waals surface area contributed by atoms with Crippen molar-refractivity contribution in [2.75, 3.05) is 0 Å². The van der Waals surface area contributed by atoms with Gasteiger partial charge in [-0.1, -0.05) is 11.6 Å². The highest BCUT2D eigenvalue weighted by Crippen LogP contribution is 2.24. The summed E-state index contributed by atoms with van der Waals surface area (Å²) < 4.78 is 26.5. The van der Waals surface area contributed by atoms with Crippen LogP contribution >= 0.6 is 11.6 Å². The molecule has 1 aromatic heterocycles. The zero-order valence-electron chi connectivity index (χ0n) is 8.70. The minimum Gasteiger partial charge on any atom is -0.320 e. The molecule has 2 N–H and O–H groups in total. The first kappa shape index (κ1) is 12.0. The van der Waals surface area contributed by atoms with Gasteiger partial charge in [-0.15, -0.1) is 0 Å². The highest BCUT2D eigenvalue weighted by atomic mass is 35.5. The van der Waals surface area contributed by atoms with Crippen LogP contribution in [0.4, 0.5) is 8.78 Å². The number of pyridine rings is 1. The van der Waals surface area contributed by atoms with Crippen LogP contribution in [0.25, 0.3) is 0 Å². The van der Waals surface area contributed by atoms with E-state index >= 15 is 0 Å². The van der Waals surface area contributed by atoms with Gasteiger partial charge in [0, 0.05) is 16.8 Å². The Hall–Kier alpha value is -1.52. The van der Waals surface area contributed by atoms with Crippen molar-refractivity contribution in [2.45, 2.75) is 6.04 Å². The quantitative estimate of drug-likeness (QED) is 0.895. The molecule has 0 aliphatic rings. The molecule has 0 fully saturated rings. The van der Waals surface area contributed by atoms with E-state index in [2.05, 4.69) is 4.98 Å². The Morgan fingerprint density at radius 2 is 1.94 bits per heavy atom. The Bertz CT molecular complexity index is 546. The number of halogens is 3. The summed E-state index contributed by atoms with van der Waals surface area (Å²) in [5.74, 6) is -0.994. The summed E-state index contributed by atoms with van der Waals surface area (Å²) in [5.41, 5.74) is 6.46. The fourth-order valence-electron chi connectivity index (χ4n) is 1.53. The fourth-order valence-corrected chi connectivity index (χ4v) is 1.71. The predicted molar refractivity (Wildman–Crippen MR) is 61.6 cm³/mol. The Morgan fingerprint density at radius 3 is 2.65 bits per heavy atom. The number of nitrogens with zero attached hydrogens (tertiary/aromatic N) is 1. The van der Waals surface area contributed by atoms with Crippen LogP contribution in [0.2, 0.25) is 5.02 Å². The van der Waals surface area contributed by atoms with Crippen molar-refractivity contribution in [1.29, 1.82) is 0 Å². The largest absolute Gasteiger partial charge is 0.320 e. The molecule has 0 radical (unpaired) electrons. The normalized spacial score (nSPS) is 12.5. The minimum atomic E-state index is -0.795. The molecule has 2 nitrogen and oxygen atoms in total. The van der Waals surface area contributed by atoms with Crippen molar-refractivity contribution < 1.29 is 8.78 Å². The van der Waals surface area contributed by atoms with E-state index < -0.39 is 17.7 Å². The summed E-state index contributed by atoms with van der Waals surface area (Å²) in [7, 11) is 0. The summed E-state index contributed by atoms with van der Waals surface area (Å²) in [6.07, 6.45) is 2.46. The van der Waals surface area contributed by atoms with Crippen LogP contribution in [0.1, 0.15) is 17.2 Å². The van der Waals surface area contributed by atoms with E-state index in [1.54, 1.807) is 0 Å². The standard InChI is InChI=1S/C12H9ClF2N2/c13-8-1-2-11(15)10(4-8)12(16)7-3-9(14)6-17-5-7/h1-6,12H,16H2. The molecule has 0 spiro atoms. The van der Waals surface area contributed by atoms with Gasteiger partial charge in [0.25, 0.3) is 0 Å². The van der Waals surface area contributed by atoms with E-state index in [0.717, 1.165) is 6.20 Å². The van der Waals surface area contributed by atoms with Crippen molar-refractivity contribution in [3.8, 4) is 0 Å². The van der Waals surface area contributed by atoms with Crippen LogP contribution in [0.5, 0.6) is 0 Å². The van der Waals surface area contributed by atoms with E-state index in [9.17, 15) is 8.78 Å². The molecule has 0 aliphatic carbocycles. The molecule has 17 heavy (non-hydrogen) atoms. The molecule has 0 saturated carbocycles. The van der Waals surface area contributed by atoms with Gasteiger partial charge in [-0.05, 0) is 29.8 Å². The van der Waals surface area contributed by atoms with E-state index in [1.807, 2.05) is 0 Å². The molecule has 1 heterocycles. The average molecular weight is 255 g/mol. The molecular weight excluding hydrogens is 246 g/mol. The first-order valence-corrected chi connectivity index (χ1v) is 5.26. The molecule has 1 aromatic carbocycles. The number of benzene rings is 1. The van der Waals surface area contributed by atoms with Crippen LogP contribution < -0.4 is 5.73 Å². The Balaban J connectivity index is 2.43. The maximum atomic E-state index is 13.6. The number of rotatable bonds is 2. The maximum Gasteiger partial charge on any atom is 0.141 e. The Labute approximate surface area is 102 Å². The Kier molecular flexibility index (Phi) is 3.36. The topological polar surface area (TPSA) is 38.9 Å². The fraction of sp³-hybridized carbons (Fsp3) is 0.0833. The third-order valence-electron chi connectivity index (χ3n) is 2.38. The second-order valence-electron chi connectivity index (χ2n) is 3.58. The van der Waals surface area contributed by atoms with Crippen LogP contribution in [-0.2, 0) is 0 Å². The van der Waals surface area contributed by atoms with Gasteiger partial charge < -0.3 is 5.73 Å². The first-order valence-electron chi connectivity index (χ1n) is 4.89. The maximum absolute atomic E-state index is 13.6. The summed E-state index contributed by atoms with van der Waals surface area (Å²) in [5, 5.41) is 0.376. The molecule has 0 aliphatic heterocycles. The van der Waals surface area contributed by atoms with Gasteiger partial charge in [-0.2, -0.15) is 0 Å². The van der Waals surface area contributed by atoms with Gasteiger partial charge in [-0.25, -0.2) is 8.78 Å². The zero-order valence-corrected chi connectivity index (χ0v) is 9.46. The molecule has 0 bridgehead atoms. The molecule has 88 valence electrons. The lowest BCUT2D eigenvalue weighted by molar-refractivity contribution is 0.593. The summed E-state index contributed by atoms with van der Waals surface area (Å²) >= 11 is 5.77. The lowest BCUT2D eigenvalue weighted by Crippen LogP contribution is -2.14. The molecule has 1 atom stereocenters. The van der Waals surface area contributed by atoms with Crippen molar-refractivity contribution in [3.63, 3.8) is 0 Å². The smallest absolute Gasteiger partial charge is 0.141 e. The van der Waals surface area contributed by atoms with Gasteiger partial charge in [0.15, 0.2) is 0 Å². The average Bonchev–Trinajstić information content (AvgIpc) is 2.31. The van der Waals surface area contributed by atoms with E-state index in [-0.39, 0.29) is 5.56 Å². The third kappa shape index (κ3) is 2.60. The molecule has 1 unspecified atom stereocenters. The first-order chi connectivity index (χ1) is 8.08. The van der Waals surface area contributed by atoms with E-state index in [1.165, 1.54) is 30.5 Å². The van der Waals surface area contributed by atoms with Crippen molar-refractivity contribution in [2.24, 2.45) is 5.73 Å². The zero-order chi connectivity index (χ0) is 12.4. The van der Waals surface area contributed by atoms with Gasteiger partial charge in [-0.3, -0.25) is 4.98 Å². The van der Waals surface area contributed by atoms with E-state index in [0.29, 0.717) is 10.6 Å². The molecular formula is C12H9ClF2N2.